The Bertz CT molecular complexity index is 810. The summed E-state index contributed by atoms with van der Waals surface area (Å²) in [5.74, 6) is -0.270. The molecule has 2 N–H and O–H groups in total. The predicted molar refractivity (Wildman–Crippen MR) is 147 cm³/mol. The molecule has 1 rings (SSSR count). The van der Waals surface area contributed by atoms with Crippen molar-refractivity contribution in [1.82, 2.24) is 11.1 Å². The molecule has 1 heterocycles. The minimum Gasteiger partial charge on any atom is -0.462 e. The van der Waals surface area contributed by atoms with Crippen molar-refractivity contribution >= 4 is 68.5 Å². The molecule has 0 aliphatic rings. The normalized spacial score (nSPS) is 14.2. The van der Waals surface area contributed by atoms with Gasteiger partial charge in [0.1, 0.15) is 19.3 Å². The van der Waals surface area contributed by atoms with Crippen LogP contribution in [0.25, 0.3) is 0 Å². The van der Waals surface area contributed by atoms with Crippen LogP contribution in [0.3, 0.4) is 0 Å². The molecule has 1 radical (unpaired) electrons. The molecular weight excluding hydrogens is 545 g/mol. The molecule has 0 spiro atoms. The zero-order chi connectivity index (χ0) is 26.9. The molecule has 0 aliphatic heterocycles. The number of hydrogen-bond acceptors (Lipinski definition) is 11. The first-order valence-corrected chi connectivity index (χ1v) is 16.2. The third-order valence-corrected chi connectivity index (χ3v) is 8.59. The number of rotatable bonds is 18. The van der Waals surface area contributed by atoms with Gasteiger partial charge in [0.05, 0.1) is 5.92 Å². The zero-order valence-corrected chi connectivity index (χ0v) is 24.2. The maximum atomic E-state index is 13.0. The van der Waals surface area contributed by atoms with Gasteiger partial charge >= 0.3 is 17.9 Å². The lowest BCUT2D eigenvalue weighted by Gasteiger charge is -2.21. The lowest BCUT2D eigenvalue weighted by molar-refractivity contribution is -0.165. The number of hydrogen-bond donors (Lipinski definition) is 1. The summed E-state index contributed by atoms with van der Waals surface area (Å²) < 4.78 is 15.0. The van der Waals surface area contributed by atoms with Gasteiger partial charge in [-0.1, -0.05) is 21.6 Å². The molecule has 0 aromatic carbocycles. The molecule has 0 saturated heterocycles. The van der Waals surface area contributed by atoms with Crippen molar-refractivity contribution < 1.29 is 33.4 Å². The fourth-order valence-electron chi connectivity index (χ4n) is 2.78. The number of carbonyl (C=O) groups is 4. The Hall–Kier alpha value is -1.41. The lowest BCUT2D eigenvalue weighted by atomic mass is 10.0. The van der Waals surface area contributed by atoms with Crippen LogP contribution in [0, 0.1) is 5.92 Å². The van der Waals surface area contributed by atoms with E-state index in [1.165, 1.54) is 20.8 Å². The SMILES string of the molecule is CSCCC([NH])CSSCC(Cc1ccsc1)C(=O)NC(C)C(=O)OCC(COC(C)=O)OC(C)=O. The summed E-state index contributed by atoms with van der Waals surface area (Å²) in [5.41, 5.74) is 9.12. The molecule has 1 aromatic rings. The molecule has 4 atom stereocenters. The largest absolute Gasteiger partial charge is 0.462 e. The van der Waals surface area contributed by atoms with Crippen LogP contribution in [-0.4, -0.2) is 78.7 Å². The van der Waals surface area contributed by atoms with Crippen molar-refractivity contribution in [2.75, 3.05) is 36.7 Å². The number of esters is 3. The van der Waals surface area contributed by atoms with Gasteiger partial charge in [-0.3, -0.25) is 20.1 Å². The van der Waals surface area contributed by atoms with Crippen LogP contribution in [0.15, 0.2) is 16.8 Å². The number of amides is 1. The highest BCUT2D eigenvalue weighted by Gasteiger charge is 2.26. The molecule has 0 saturated carbocycles. The molecule has 9 nitrogen and oxygen atoms in total. The highest BCUT2D eigenvalue weighted by atomic mass is 33.1. The fraction of sp³-hybridized carbons (Fsp3) is 0.652. The second-order valence-corrected chi connectivity index (χ2v) is 12.3. The zero-order valence-electron chi connectivity index (χ0n) is 21.0. The van der Waals surface area contributed by atoms with E-state index >= 15 is 0 Å². The van der Waals surface area contributed by atoms with Crippen molar-refractivity contribution in [2.45, 2.75) is 51.8 Å². The van der Waals surface area contributed by atoms with E-state index in [9.17, 15) is 19.2 Å². The molecule has 0 fully saturated rings. The Morgan fingerprint density at radius 3 is 2.39 bits per heavy atom. The second kappa shape index (κ2) is 18.8. The van der Waals surface area contributed by atoms with Gasteiger partial charge in [0.15, 0.2) is 6.10 Å². The van der Waals surface area contributed by atoms with Gasteiger partial charge in [0.2, 0.25) is 5.91 Å². The molecule has 0 bridgehead atoms. The minimum absolute atomic E-state index is 0.134. The Labute approximate surface area is 229 Å². The standard InChI is InChI=1S/C23H35N2O7S4/c1-15(23(29)31-11-21(32-17(3)27)10-30-16(2)26)25-22(28)19(9-18-5-8-34-12-18)13-35-36-14-20(24)6-7-33-4/h5,8,12,15,19-21,24H,6-7,9-11,13-14H2,1-4H3,(H,25,28). The Balaban J connectivity index is 2.60. The summed E-state index contributed by atoms with van der Waals surface area (Å²) in [7, 11) is 3.15. The third-order valence-electron chi connectivity index (χ3n) is 4.65. The van der Waals surface area contributed by atoms with E-state index in [2.05, 4.69) is 5.32 Å². The molecule has 13 heteroatoms. The maximum Gasteiger partial charge on any atom is 0.328 e. The first-order valence-electron chi connectivity index (χ1n) is 11.4. The van der Waals surface area contributed by atoms with E-state index in [4.69, 9.17) is 19.9 Å². The van der Waals surface area contributed by atoms with E-state index < -0.39 is 30.1 Å². The number of thioether (sulfide) groups is 1. The highest BCUT2D eigenvalue weighted by Crippen LogP contribution is 2.27. The monoisotopic (exact) mass is 579 g/mol. The van der Waals surface area contributed by atoms with Crippen LogP contribution >= 0.6 is 44.7 Å². The summed E-state index contributed by atoms with van der Waals surface area (Å²) in [4.78, 5) is 47.7. The summed E-state index contributed by atoms with van der Waals surface area (Å²) in [6.07, 6.45) is 2.47. The van der Waals surface area contributed by atoms with E-state index in [1.807, 2.05) is 23.1 Å². The van der Waals surface area contributed by atoms with Gasteiger partial charge in [-0.2, -0.15) is 23.1 Å². The number of carbonyl (C=O) groups excluding carboxylic acids is 4. The van der Waals surface area contributed by atoms with Gasteiger partial charge in [0.25, 0.3) is 0 Å². The first-order chi connectivity index (χ1) is 17.1. The summed E-state index contributed by atoms with van der Waals surface area (Å²) >= 11 is 3.29. The van der Waals surface area contributed by atoms with Gasteiger partial charge in [0, 0.05) is 31.4 Å². The molecule has 4 unspecified atom stereocenters. The van der Waals surface area contributed by atoms with Gasteiger partial charge < -0.3 is 19.5 Å². The van der Waals surface area contributed by atoms with Crippen LogP contribution in [0.4, 0.5) is 0 Å². The Kier molecular flexibility index (Phi) is 17.0. The molecular formula is C23H35N2O7S4. The molecule has 1 amide bonds. The number of thiophene rings is 1. The van der Waals surface area contributed by atoms with Crippen molar-refractivity contribution in [3.05, 3.63) is 22.4 Å². The molecule has 1 aromatic heterocycles. The van der Waals surface area contributed by atoms with E-state index in [0.717, 1.165) is 17.7 Å². The molecule has 203 valence electrons. The first kappa shape index (κ1) is 32.6. The van der Waals surface area contributed by atoms with Crippen LogP contribution in [0.2, 0.25) is 0 Å². The van der Waals surface area contributed by atoms with Crippen molar-refractivity contribution in [2.24, 2.45) is 5.92 Å². The molecule has 0 aliphatic carbocycles. The van der Waals surface area contributed by atoms with Crippen molar-refractivity contribution in [3.63, 3.8) is 0 Å². The van der Waals surface area contributed by atoms with E-state index in [0.29, 0.717) is 17.9 Å². The van der Waals surface area contributed by atoms with Gasteiger partial charge in [-0.25, -0.2) is 4.79 Å². The topological polar surface area (TPSA) is 132 Å². The summed E-state index contributed by atoms with van der Waals surface area (Å²) in [6, 6.07) is 0.919. The third kappa shape index (κ3) is 15.0. The number of nitrogens with one attached hydrogen (secondary N) is 2. The van der Waals surface area contributed by atoms with Crippen LogP contribution in [-0.2, 0) is 39.8 Å². The summed E-state index contributed by atoms with van der Waals surface area (Å²) in [5, 5.41) is 6.67. The Morgan fingerprint density at radius 2 is 1.78 bits per heavy atom. The average molecular weight is 580 g/mol. The Morgan fingerprint density at radius 1 is 1.08 bits per heavy atom. The van der Waals surface area contributed by atoms with Crippen LogP contribution < -0.4 is 11.1 Å². The van der Waals surface area contributed by atoms with Crippen molar-refractivity contribution in [3.8, 4) is 0 Å². The van der Waals surface area contributed by atoms with Crippen molar-refractivity contribution in [1.29, 1.82) is 0 Å². The van der Waals surface area contributed by atoms with E-state index in [1.54, 1.807) is 44.7 Å². The second-order valence-electron chi connectivity index (χ2n) is 7.97. The average Bonchev–Trinajstić information content (AvgIpc) is 3.33. The van der Waals surface area contributed by atoms with Gasteiger partial charge in [-0.05, 0) is 54.2 Å². The summed E-state index contributed by atoms with van der Waals surface area (Å²) in [6.45, 7) is 3.39. The number of ether oxygens (including phenoxy) is 3. The van der Waals surface area contributed by atoms with E-state index in [-0.39, 0.29) is 31.1 Å². The quantitative estimate of drug-likeness (QED) is 0.120. The maximum absolute atomic E-state index is 13.0. The lowest BCUT2D eigenvalue weighted by Crippen LogP contribution is -2.44. The minimum atomic E-state index is -0.935. The van der Waals surface area contributed by atoms with Crippen LogP contribution in [0.5, 0.6) is 0 Å². The highest BCUT2D eigenvalue weighted by molar-refractivity contribution is 8.76. The fourth-order valence-corrected chi connectivity index (χ4v) is 6.50. The van der Waals surface area contributed by atoms with Crippen LogP contribution in [0.1, 0.15) is 32.8 Å². The molecule has 36 heavy (non-hydrogen) atoms. The van der Waals surface area contributed by atoms with Gasteiger partial charge in [-0.15, -0.1) is 0 Å². The predicted octanol–water partition coefficient (Wildman–Crippen LogP) is 3.24. The smallest absolute Gasteiger partial charge is 0.328 e.